The van der Waals surface area contributed by atoms with Gasteiger partial charge >= 0.3 is 6.09 Å². The number of halogens is 1. The normalized spacial score (nSPS) is 19.1. The Labute approximate surface area is 228 Å². The molecule has 1 spiro atoms. The molecule has 2 aliphatic heterocycles. The molecule has 0 radical (unpaired) electrons. The van der Waals surface area contributed by atoms with Gasteiger partial charge in [0.05, 0.1) is 27.4 Å². The van der Waals surface area contributed by atoms with E-state index in [1.807, 2.05) is 32.9 Å². The molecule has 0 aromatic heterocycles. The molecule has 5 rings (SSSR count). The lowest BCUT2D eigenvalue weighted by Crippen LogP contribution is -2.50. The van der Waals surface area contributed by atoms with Crippen molar-refractivity contribution in [3.63, 3.8) is 0 Å². The molecule has 8 nitrogen and oxygen atoms in total. The monoisotopic (exact) mass is 538 g/mol. The summed E-state index contributed by atoms with van der Waals surface area (Å²) in [6.07, 6.45) is 4.27. The number of primary amides is 1. The molecular weight excluding hydrogens is 504 g/mol. The largest absolute Gasteiger partial charge is 0.444 e. The van der Waals surface area contributed by atoms with Crippen molar-refractivity contribution >= 4 is 46.6 Å². The van der Waals surface area contributed by atoms with Gasteiger partial charge < -0.3 is 20.3 Å². The molecule has 9 heteroatoms. The summed E-state index contributed by atoms with van der Waals surface area (Å²) in [6, 6.07) is 11.2. The molecule has 3 aliphatic rings. The van der Waals surface area contributed by atoms with Crippen LogP contribution in [-0.2, 0) is 14.9 Å². The van der Waals surface area contributed by atoms with Gasteiger partial charge in [0.15, 0.2) is 0 Å². The van der Waals surface area contributed by atoms with Gasteiger partial charge in [-0.2, -0.15) is 0 Å². The van der Waals surface area contributed by atoms with Gasteiger partial charge in [0.1, 0.15) is 5.60 Å². The summed E-state index contributed by atoms with van der Waals surface area (Å²) in [7, 11) is 0. The van der Waals surface area contributed by atoms with Gasteiger partial charge in [-0.05, 0) is 69.5 Å². The first-order valence-electron chi connectivity index (χ1n) is 13.3. The molecule has 2 fully saturated rings. The van der Waals surface area contributed by atoms with Crippen molar-refractivity contribution in [1.82, 2.24) is 4.90 Å². The zero-order valence-corrected chi connectivity index (χ0v) is 23.0. The Morgan fingerprint density at radius 1 is 0.974 bits per heavy atom. The van der Waals surface area contributed by atoms with Crippen molar-refractivity contribution in [3.8, 4) is 0 Å². The van der Waals surface area contributed by atoms with Crippen LogP contribution in [0.4, 0.5) is 21.9 Å². The lowest BCUT2D eigenvalue weighted by Gasteiger charge is -2.37. The van der Waals surface area contributed by atoms with E-state index in [0.29, 0.717) is 31.9 Å². The van der Waals surface area contributed by atoms with Crippen LogP contribution in [-0.4, -0.2) is 54.6 Å². The van der Waals surface area contributed by atoms with Gasteiger partial charge in [-0.1, -0.05) is 36.9 Å². The molecule has 0 unspecified atom stereocenters. The minimum atomic E-state index is -0.663. The molecule has 3 amide bonds. The number of nitrogens with two attached hydrogens (primary N) is 1. The maximum absolute atomic E-state index is 14.2. The number of ether oxygens (including phenoxy) is 1. The minimum absolute atomic E-state index is 0.0242. The highest BCUT2D eigenvalue weighted by molar-refractivity contribution is 6.35. The summed E-state index contributed by atoms with van der Waals surface area (Å²) in [5.41, 5.74) is 7.90. The highest BCUT2D eigenvalue weighted by atomic mass is 35.5. The van der Waals surface area contributed by atoms with E-state index in [-0.39, 0.29) is 22.6 Å². The van der Waals surface area contributed by atoms with E-state index in [9.17, 15) is 14.4 Å². The van der Waals surface area contributed by atoms with E-state index in [0.717, 1.165) is 49.0 Å². The SMILES string of the molecule is CC(C)(C)OC(=O)N1CCN(c2ccc3c(c2)C2(CCCCC2)C(=O)N3c2cccc(Cl)c2C(N)=O)CC1. The maximum atomic E-state index is 14.2. The summed E-state index contributed by atoms with van der Waals surface area (Å²) >= 11 is 6.37. The van der Waals surface area contributed by atoms with Crippen LogP contribution in [0.1, 0.15) is 68.8 Å². The zero-order chi connectivity index (χ0) is 27.2. The zero-order valence-electron chi connectivity index (χ0n) is 22.3. The fraction of sp³-hybridized carbons (Fsp3) is 0.483. The van der Waals surface area contributed by atoms with Crippen molar-refractivity contribution in [3.05, 3.63) is 52.5 Å². The number of hydrogen-bond acceptors (Lipinski definition) is 5. The molecule has 2 heterocycles. The van der Waals surface area contributed by atoms with E-state index in [2.05, 4.69) is 11.0 Å². The molecule has 1 saturated carbocycles. The standard InChI is InChI=1S/C29H35ClN4O4/c1-28(2,3)38-27(37)33-16-14-32(15-17-33)19-10-11-22-20(18-19)29(12-5-4-6-13-29)26(36)34(22)23-9-7-8-21(30)24(23)25(31)35/h7-11,18H,4-6,12-17H2,1-3H3,(H2,31,35). The topological polar surface area (TPSA) is 96.2 Å². The van der Waals surface area contributed by atoms with Crippen molar-refractivity contribution < 1.29 is 19.1 Å². The van der Waals surface area contributed by atoms with Crippen molar-refractivity contribution in [2.75, 3.05) is 36.0 Å². The second-order valence-electron chi connectivity index (χ2n) is 11.4. The Bertz CT molecular complexity index is 1270. The average molecular weight is 539 g/mol. The molecule has 2 aromatic rings. The van der Waals surface area contributed by atoms with E-state index >= 15 is 0 Å². The third-order valence-corrected chi connectivity index (χ3v) is 8.15. The van der Waals surface area contributed by atoms with E-state index in [1.165, 1.54) is 0 Å². The Balaban J connectivity index is 1.48. The first kappa shape index (κ1) is 26.4. The predicted molar refractivity (Wildman–Crippen MR) is 148 cm³/mol. The summed E-state index contributed by atoms with van der Waals surface area (Å²) in [5, 5.41) is 0.230. The first-order chi connectivity index (χ1) is 18.0. The number of fused-ring (bicyclic) bond motifs is 2. The van der Waals surface area contributed by atoms with Crippen LogP contribution in [0.25, 0.3) is 0 Å². The van der Waals surface area contributed by atoms with Crippen LogP contribution in [0, 0.1) is 0 Å². The Morgan fingerprint density at radius 2 is 1.66 bits per heavy atom. The quantitative estimate of drug-likeness (QED) is 0.566. The summed E-state index contributed by atoms with van der Waals surface area (Å²) in [5.74, 6) is -0.687. The third kappa shape index (κ3) is 4.59. The van der Waals surface area contributed by atoms with Crippen molar-refractivity contribution in [2.24, 2.45) is 5.73 Å². The molecular formula is C29H35ClN4O4. The second kappa shape index (κ2) is 9.80. The van der Waals surface area contributed by atoms with Gasteiger partial charge in [-0.3, -0.25) is 14.5 Å². The number of benzene rings is 2. The van der Waals surface area contributed by atoms with Crippen LogP contribution < -0.4 is 15.5 Å². The predicted octanol–water partition coefficient (Wildman–Crippen LogP) is 5.38. The van der Waals surface area contributed by atoms with Crippen LogP contribution >= 0.6 is 11.6 Å². The summed E-state index contributed by atoms with van der Waals surface area (Å²) in [4.78, 5) is 44.7. The molecule has 1 saturated heterocycles. The van der Waals surface area contributed by atoms with Crippen LogP contribution in [0.2, 0.25) is 5.02 Å². The molecule has 2 aromatic carbocycles. The summed E-state index contributed by atoms with van der Waals surface area (Å²) in [6.45, 7) is 8.07. The number of carbonyl (C=O) groups excluding carboxylic acids is 3. The lowest BCUT2D eigenvalue weighted by atomic mass is 9.70. The number of hydrogen-bond donors (Lipinski definition) is 1. The first-order valence-corrected chi connectivity index (χ1v) is 13.7. The molecule has 2 N–H and O–H groups in total. The third-order valence-electron chi connectivity index (χ3n) is 7.83. The van der Waals surface area contributed by atoms with Crippen molar-refractivity contribution in [1.29, 1.82) is 0 Å². The van der Waals surface area contributed by atoms with Gasteiger partial charge in [0.2, 0.25) is 5.91 Å². The Morgan fingerprint density at radius 3 is 2.29 bits per heavy atom. The average Bonchev–Trinajstić information content (AvgIpc) is 3.10. The Kier molecular flexibility index (Phi) is 6.80. The van der Waals surface area contributed by atoms with Gasteiger partial charge in [-0.25, -0.2) is 4.79 Å². The highest BCUT2D eigenvalue weighted by Crippen LogP contribution is 2.54. The number of piperazine rings is 1. The molecule has 1 aliphatic carbocycles. The Hall–Kier alpha value is -3.26. The molecule has 0 bridgehead atoms. The van der Waals surface area contributed by atoms with Crippen LogP contribution in [0.3, 0.4) is 0 Å². The number of nitrogens with zero attached hydrogens (tertiary/aromatic N) is 3. The van der Waals surface area contributed by atoms with Crippen LogP contribution in [0.15, 0.2) is 36.4 Å². The molecule has 0 atom stereocenters. The van der Waals surface area contributed by atoms with Gasteiger partial charge in [0.25, 0.3) is 5.91 Å². The lowest BCUT2D eigenvalue weighted by molar-refractivity contribution is -0.123. The van der Waals surface area contributed by atoms with E-state index < -0.39 is 16.9 Å². The highest BCUT2D eigenvalue weighted by Gasteiger charge is 2.52. The summed E-state index contributed by atoms with van der Waals surface area (Å²) < 4.78 is 5.54. The molecule has 38 heavy (non-hydrogen) atoms. The van der Waals surface area contributed by atoms with Gasteiger partial charge in [0, 0.05) is 31.9 Å². The van der Waals surface area contributed by atoms with Gasteiger partial charge in [-0.15, -0.1) is 0 Å². The van der Waals surface area contributed by atoms with Crippen LogP contribution in [0.5, 0.6) is 0 Å². The smallest absolute Gasteiger partial charge is 0.410 e. The van der Waals surface area contributed by atoms with E-state index in [1.54, 1.807) is 28.0 Å². The van der Waals surface area contributed by atoms with E-state index in [4.69, 9.17) is 22.1 Å². The molecule has 202 valence electrons. The fourth-order valence-electron chi connectivity index (χ4n) is 6.03. The second-order valence-corrected chi connectivity index (χ2v) is 11.8. The number of rotatable bonds is 3. The number of anilines is 3. The minimum Gasteiger partial charge on any atom is -0.444 e. The van der Waals surface area contributed by atoms with Crippen molar-refractivity contribution in [2.45, 2.75) is 63.9 Å². The maximum Gasteiger partial charge on any atom is 0.410 e. The number of amides is 3. The fourth-order valence-corrected chi connectivity index (χ4v) is 6.29. The number of carbonyl (C=O) groups is 3.